The highest BCUT2D eigenvalue weighted by atomic mass is 19.1. The number of benzene rings is 1. The van der Waals surface area contributed by atoms with Crippen molar-refractivity contribution in [2.24, 2.45) is 5.92 Å². The van der Waals surface area contributed by atoms with Crippen LogP contribution < -0.4 is 0 Å². The molecule has 0 radical (unpaired) electrons. The fraction of sp³-hybridized carbons (Fsp3) is 0.462. The number of carbonyl (C=O) groups is 1. The van der Waals surface area contributed by atoms with Gasteiger partial charge in [0.2, 0.25) is 0 Å². The summed E-state index contributed by atoms with van der Waals surface area (Å²) in [5.41, 5.74) is 1.03. The van der Waals surface area contributed by atoms with Crippen molar-refractivity contribution in [3.8, 4) is 0 Å². The first-order valence-corrected chi connectivity index (χ1v) is 5.45. The normalized spacial score (nSPS) is 22.6. The van der Waals surface area contributed by atoms with E-state index in [-0.39, 0.29) is 5.82 Å². The van der Waals surface area contributed by atoms with Crippen LogP contribution in [0.15, 0.2) is 18.2 Å². The molecule has 1 aliphatic carbocycles. The van der Waals surface area contributed by atoms with E-state index in [1.807, 2.05) is 19.9 Å². The van der Waals surface area contributed by atoms with Crippen LogP contribution >= 0.6 is 0 Å². The summed E-state index contributed by atoms with van der Waals surface area (Å²) in [6.07, 6.45) is 1.03. The lowest BCUT2D eigenvalue weighted by atomic mass is 9.65. The lowest BCUT2D eigenvalue weighted by molar-refractivity contribution is -0.144. The van der Waals surface area contributed by atoms with Crippen LogP contribution in [-0.4, -0.2) is 11.1 Å². The molecule has 1 aromatic rings. The summed E-state index contributed by atoms with van der Waals surface area (Å²) >= 11 is 0. The van der Waals surface area contributed by atoms with E-state index >= 15 is 0 Å². The van der Waals surface area contributed by atoms with Crippen LogP contribution in [0.1, 0.15) is 31.4 Å². The Kier molecular flexibility index (Phi) is 2.49. The average molecular weight is 222 g/mol. The summed E-state index contributed by atoms with van der Waals surface area (Å²) in [5.74, 6) is -1.43. The molecular formula is C13H15FO2. The maximum Gasteiger partial charge on any atom is 0.307 e. The second-order valence-electron chi connectivity index (χ2n) is 4.92. The maximum atomic E-state index is 13.6. The van der Waals surface area contributed by atoms with Gasteiger partial charge in [0.15, 0.2) is 0 Å². The summed E-state index contributed by atoms with van der Waals surface area (Å²) in [5, 5.41) is 9.17. The number of halogens is 1. The van der Waals surface area contributed by atoms with Crippen LogP contribution in [0.5, 0.6) is 0 Å². The van der Waals surface area contributed by atoms with Gasteiger partial charge in [0.1, 0.15) is 5.82 Å². The van der Waals surface area contributed by atoms with Gasteiger partial charge in [0.25, 0.3) is 0 Å². The van der Waals surface area contributed by atoms with E-state index in [0.717, 1.165) is 5.56 Å². The smallest absolute Gasteiger partial charge is 0.307 e. The topological polar surface area (TPSA) is 37.3 Å². The lowest BCUT2D eigenvalue weighted by Crippen LogP contribution is -2.39. The molecule has 0 spiro atoms. The molecule has 0 aromatic heterocycles. The highest BCUT2D eigenvalue weighted by molar-refractivity contribution is 5.73. The minimum atomic E-state index is -0.792. The molecule has 1 aliphatic rings. The zero-order chi connectivity index (χ0) is 11.9. The van der Waals surface area contributed by atoms with Gasteiger partial charge in [0, 0.05) is 5.41 Å². The van der Waals surface area contributed by atoms with Crippen LogP contribution in [0.3, 0.4) is 0 Å². The van der Waals surface area contributed by atoms with Gasteiger partial charge in [-0.1, -0.05) is 26.0 Å². The number of fused-ring (bicyclic) bond motifs is 1. The van der Waals surface area contributed by atoms with E-state index in [9.17, 15) is 14.3 Å². The molecule has 3 heteroatoms. The van der Waals surface area contributed by atoms with E-state index in [1.165, 1.54) is 6.07 Å². The Morgan fingerprint density at radius 3 is 2.81 bits per heavy atom. The summed E-state index contributed by atoms with van der Waals surface area (Å²) in [7, 11) is 0. The van der Waals surface area contributed by atoms with Gasteiger partial charge in [-0.2, -0.15) is 0 Å². The molecule has 86 valence electrons. The van der Waals surface area contributed by atoms with Gasteiger partial charge in [0.05, 0.1) is 5.92 Å². The molecule has 0 fully saturated rings. The molecule has 1 atom stereocenters. The fourth-order valence-electron chi connectivity index (χ4n) is 2.69. The van der Waals surface area contributed by atoms with Crippen molar-refractivity contribution in [1.29, 1.82) is 0 Å². The fourth-order valence-corrected chi connectivity index (χ4v) is 2.69. The molecule has 2 rings (SSSR count). The molecule has 1 unspecified atom stereocenters. The number of aliphatic carboxylic acids is 1. The van der Waals surface area contributed by atoms with Crippen LogP contribution in [0.25, 0.3) is 0 Å². The Morgan fingerprint density at radius 1 is 1.50 bits per heavy atom. The molecule has 16 heavy (non-hydrogen) atoms. The highest BCUT2D eigenvalue weighted by Crippen LogP contribution is 2.41. The van der Waals surface area contributed by atoms with Crippen molar-refractivity contribution >= 4 is 5.97 Å². The minimum Gasteiger partial charge on any atom is -0.481 e. The quantitative estimate of drug-likeness (QED) is 0.793. The molecule has 0 saturated heterocycles. The van der Waals surface area contributed by atoms with E-state index < -0.39 is 17.3 Å². The summed E-state index contributed by atoms with van der Waals surface area (Å²) in [6.45, 7) is 3.76. The van der Waals surface area contributed by atoms with Crippen LogP contribution in [0.2, 0.25) is 0 Å². The zero-order valence-electron chi connectivity index (χ0n) is 9.46. The molecule has 0 heterocycles. The van der Waals surface area contributed by atoms with Crippen molar-refractivity contribution in [3.05, 3.63) is 35.1 Å². The van der Waals surface area contributed by atoms with Crippen molar-refractivity contribution in [2.45, 2.75) is 32.1 Å². The number of carboxylic acid groups (broad SMARTS) is 1. The third kappa shape index (κ3) is 1.51. The zero-order valence-corrected chi connectivity index (χ0v) is 9.46. The van der Waals surface area contributed by atoms with E-state index in [2.05, 4.69) is 0 Å². The molecule has 0 saturated carbocycles. The second kappa shape index (κ2) is 3.58. The lowest BCUT2D eigenvalue weighted by Gasteiger charge is -2.38. The van der Waals surface area contributed by atoms with E-state index in [1.54, 1.807) is 6.07 Å². The Balaban J connectivity index is 2.55. The monoisotopic (exact) mass is 222 g/mol. The first kappa shape index (κ1) is 11.1. The molecule has 0 bridgehead atoms. The minimum absolute atomic E-state index is 0.214. The van der Waals surface area contributed by atoms with Gasteiger partial charge in [-0.05, 0) is 30.0 Å². The van der Waals surface area contributed by atoms with Gasteiger partial charge in [-0.3, -0.25) is 4.79 Å². The summed E-state index contributed by atoms with van der Waals surface area (Å²) in [6, 6.07) is 4.93. The Morgan fingerprint density at radius 2 is 2.19 bits per heavy atom. The number of hydrogen-bond acceptors (Lipinski definition) is 1. The van der Waals surface area contributed by atoms with Crippen molar-refractivity contribution < 1.29 is 14.3 Å². The predicted octanol–water partition coefficient (Wildman–Crippen LogP) is 2.75. The summed E-state index contributed by atoms with van der Waals surface area (Å²) in [4.78, 5) is 11.2. The molecule has 0 amide bonds. The standard InChI is InChI=1S/C13H15FO2/c1-13(2)9-4-3-5-11(14)8(9)6-7-10(13)12(15)16/h3-5,10H,6-7H2,1-2H3,(H,15,16). The second-order valence-corrected chi connectivity index (χ2v) is 4.92. The van der Waals surface area contributed by atoms with Gasteiger partial charge in [-0.25, -0.2) is 4.39 Å². The third-order valence-corrected chi connectivity index (χ3v) is 3.67. The van der Waals surface area contributed by atoms with Crippen LogP contribution in [0.4, 0.5) is 4.39 Å². The van der Waals surface area contributed by atoms with Crippen LogP contribution in [-0.2, 0) is 16.6 Å². The van der Waals surface area contributed by atoms with E-state index in [0.29, 0.717) is 18.4 Å². The van der Waals surface area contributed by atoms with Crippen LogP contribution in [0, 0.1) is 11.7 Å². The molecule has 1 aromatic carbocycles. The van der Waals surface area contributed by atoms with Gasteiger partial charge in [-0.15, -0.1) is 0 Å². The molecule has 0 aliphatic heterocycles. The average Bonchev–Trinajstić information content (AvgIpc) is 2.18. The molecular weight excluding hydrogens is 207 g/mol. The SMILES string of the molecule is CC1(C)c2cccc(F)c2CCC1C(=O)O. The molecule has 1 N–H and O–H groups in total. The Hall–Kier alpha value is -1.38. The Labute approximate surface area is 94.1 Å². The number of rotatable bonds is 1. The largest absolute Gasteiger partial charge is 0.481 e. The first-order chi connectivity index (χ1) is 7.44. The maximum absolute atomic E-state index is 13.6. The Bertz CT molecular complexity index is 438. The van der Waals surface area contributed by atoms with E-state index in [4.69, 9.17) is 0 Å². The third-order valence-electron chi connectivity index (χ3n) is 3.67. The van der Waals surface area contributed by atoms with Gasteiger partial charge < -0.3 is 5.11 Å². The first-order valence-electron chi connectivity index (χ1n) is 5.45. The molecule has 2 nitrogen and oxygen atoms in total. The van der Waals surface area contributed by atoms with Gasteiger partial charge >= 0.3 is 5.97 Å². The number of hydrogen-bond donors (Lipinski definition) is 1. The van der Waals surface area contributed by atoms with Crippen molar-refractivity contribution in [1.82, 2.24) is 0 Å². The van der Waals surface area contributed by atoms with Crippen molar-refractivity contribution in [2.75, 3.05) is 0 Å². The highest BCUT2D eigenvalue weighted by Gasteiger charge is 2.41. The predicted molar refractivity (Wildman–Crippen MR) is 58.9 cm³/mol. The van der Waals surface area contributed by atoms with Crippen molar-refractivity contribution in [3.63, 3.8) is 0 Å². The summed E-state index contributed by atoms with van der Waals surface area (Å²) < 4.78 is 13.6. The number of carboxylic acids is 1.